The highest BCUT2D eigenvalue weighted by molar-refractivity contribution is 5.96. The SMILES string of the molecule is COc1ccc2cc(/C(C)=C\C(C)=O)ccc2c1. The number of hydrogen-bond donors (Lipinski definition) is 0. The van der Waals surface area contributed by atoms with Gasteiger partial charge in [-0.1, -0.05) is 18.2 Å². The Labute approximate surface area is 107 Å². The van der Waals surface area contributed by atoms with E-state index in [1.807, 2.05) is 37.3 Å². The Bertz CT molecular complexity index is 624. The number of ether oxygens (including phenoxy) is 1. The first kappa shape index (κ1) is 12.4. The van der Waals surface area contributed by atoms with Gasteiger partial charge in [0, 0.05) is 0 Å². The highest BCUT2D eigenvalue weighted by Gasteiger charge is 2.01. The lowest BCUT2D eigenvalue weighted by Gasteiger charge is -2.06. The molecule has 0 atom stereocenters. The summed E-state index contributed by atoms with van der Waals surface area (Å²) in [5.41, 5.74) is 2.06. The van der Waals surface area contributed by atoms with E-state index in [9.17, 15) is 4.79 Å². The molecule has 2 aromatic carbocycles. The molecule has 0 aromatic heterocycles. The average Bonchev–Trinajstić information content (AvgIpc) is 2.36. The molecule has 0 amide bonds. The molecule has 2 nitrogen and oxygen atoms in total. The Morgan fingerprint density at radius 3 is 2.39 bits per heavy atom. The minimum absolute atomic E-state index is 0.0716. The van der Waals surface area contributed by atoms with Crippen LogP contribution in [0.4, 0.5) is 0 Å². The molecule has 0 heterocycles. The quantitative estimate of drug-likeness (QED) is 0.762. The fourth-order valence-corrected chi connectivity index (χ4v) is 1.98. The lowest BCUT2D eigenvalue weighted by Crippen LogP contribution is -1.87. The molecule has 0 bridgehead atoms. The highest BCUT2D eigenvalue weighted by atomic mass is 16.5. The van der Waals surface area contributed by atoms with Crippen molar-refractivity contribution in [3.05, 3.63) is 48.0 Å². The van der Waals surface area contributed by atoms with Crippen molar-refractivity contribution >= 4 is 22.1 Å². The predicted octanol–water partition coefficient (Wildman–Crippen LogP) is 3.84. The molecule has 0 unspecified atom stereocenters. The van der Waals surface area contributed by atoms with Crippen LogP contribution in [0.3, 0.4) is 0 Å². The predicted molar refractivity (Wildman–Crippen MR) is 74.8 cm³/mol. The first-order chi connectivity index (χ1) is 8.60. The summed E-state index contributed by atoms with van der Waals surface area (Å²) in [7, 11) is 1.66. The number of ketones is 1. The number of carbonyl (C=O) groups excluding carboxylic acids is 1. The second-order valence-corrected chi connectivity index (χ2v) is 4.37. The zero-order valence-electron chi connectivity index (χ0n) is 10.9. The molecule has 0 radical (unpaired) electrons. The van der Waals surface area contributed by atoms with Gasteiger partial charge in [0.1, 0.15) is 5.75 Å². The lowest BCUT2D eigenvalue weighted by molar-refractivity contribution is -0.112. The van der Waals surface area contributed by atoms with E-state index in [-0.39, 0.29) is 5.78 Å². The van der Waals surface area contributed by atoms with E-state index in [1.165, 1.54) is 0 Å². The van der Waals surface area contributed by atoms with Crippen molar-refractivity contribution < 1.29 is 9.53 Å². The number of rotatable bonds is 3. The second kappa shape index (κ2) is 5.05. The summed E-state index contributed by atoms with van der Waals surface area (Å²) in [5.74, 6) is 0.925. The summed E-state index contributed by atoms with van der Waals surface area (Å²) < 4.78 is 5.20. The fraction of sp³-hybridized carbons (Fsp3) is 0.188. The zero-order valence-corrected chi connectivity index (χ0v) is 10.9. The maximum atomic E-state index is 11.1. The van der Waals surface area contributed by atoms with Crippen LogP contribution in [0.15, 0.2) is 42.5 Å². The van der Waals surface area contributed by atoms with E-state index in [4.69, 9.17) is 4.74 Å². The number of allylic oxidation sites excluding steroid dienone is 2. The molecule has 0 spiro atoms. The summed E-state index contributed by atoms with van der Waals surface area (Å²) in [4.78, 5) is 11.1. The van der Waals surface area contributed by atoms with Crippen LogP contribution in [-0.2, 0) is 4.79 Å². The minimum Gasteiger partial charge on any atom is -0.497 e. The molecule has 0 fully saturated rings. The van der Waals surface area contributed by atoms with Crippen molar-refractivity contribution in [2.75, 3.05) is 7.11 Å². The maximum absolute atomic E-state index is 11.1. The van der Waals surface area contributed by atoms with E-state index in [1.54, 1.807) is 20.1 Å². The molecule has 0 saturated carbocycles. The van der Waals surface area contributed by atoms with Crippen LogP contribution in [0.1, 0.15) is 19.4 Å². The molecule has 0 aliphatic heterocycles. The van der Waals surface area contributed by atoms with Crippen LogP contribution in [0.5, 0.6) is 5.75 Å². The van der Waals surface area contributed by atoms with Gasteiger partial charge in [-0.3, -0.25) is 4.79 Å². The van der Waals surface area contributed by atoms with Crippen LogP contribution in [0, 0.1) is 0 Å². The van der Waals surface area contributed by atoms with Crippen molar-refractivity contribution in [3.8, 4) is 5.75 Å². The number of fused-ring (bicyclic) bond motifs is 1. The van der Waals surface area contributed by atoms with Gasteiger partial charge in [-0.2, -0.15) is 0 Å². The molecule has 18 heavy (non-hydrogen) atoms. The van der Waals surface area contributed by atoms with Crippen molar-refractivity contribution in [1.82, 2.24) is 0 Å². The third-order valence-electron chi connectivity index (χ3n) is 2.92. The largest absolute Gasteiger partial charge is 0.497 e. The molecule has 2 heteroatoms. The van der Waals surface area contributed by atoms with Gasteiger partial charge in [0.15, 0.2) is 5.78 Å². The first-order valence-electron chi connectivity index (χ1n) is 5.87. The fourth-order valence-electron chi connectivity index (χ4n) is 1.98. The van der Waals surface area contributed by atoms with E-state index < -0.39 is 0 Å². The van der Waals surface area contributed by atoms with Gasteiger partial charge in [0.25, 0.3) is 0 Å². The average molecular weight is 240 g/mol. The van der Waals surface area contributed by atoms with Gasteiger partial charge in [0.05, 0.1) is 7.11 Å². The van der Waals surface area contributed by atoms with E-state index >= 15 is 0 Å². The summed E-state index contributed by atoms with van der Waals surface area (Å²) in [6.45, 7) is 3.52. The summed E-state index contributed by atoms with van der Waals surface area (Å²) >= 11 is 0. The third kappa shape index (κ3) is 2.59. The summed E-state index contributed by atoms with van der Waals surface area (Å²) in [6.07, 6.45) is 1.66. The molecule has 0 aliphatic rings. The number of carbonyl (C=O) groups is 1. The van der Waals surface area contributed by atoms with E-state index in [0.29, 0.717) is 0 Å². The molecular weight excluding hydrogens is 224 g/mol. The van der Waals surface area contributed by atoms with Gasteiger partial charge in [0.2, 0.25) is 0 Å². The molecule has 0 aliphatic carbocycles. The monoisotopic (exact) mass is 240 g/mol. The molecule has 92 valence electrons. The Morgan fingerprint density at radius 2 is 1.72 bits per heavy atom. The topological polar surface area (TPSA) is 26.3 Å². The molecular formula is C16H16O2. The van der Waals surface area contributed by atoms with Gasteiger partial charge >= 0.3 is 0 Å². The maximum Gasteiger partial charge on any atom is 0.152 e. The normalized spacial score (nSPS) is 11.6. The molecule has 2 rings (SSSR count). The molecule has 2 aromatic rings. The van der Waals surface area contributed by atoms with Crippen LogP contribution in [0.2, 0.25) is 0 Å². The molecule has 0 saturated heterocycles. The van der Waals surface area contributed by atoms with Crippen LogP contribution in [0.25, 0.3) is 16.3 Å². The standard InChI is InChI=1S/C16H16O2/c1-11(8-12(2)17)13-4-5-15-10-16(18-3)7-6-14(15)9-13/h4-10H,1-3H3/b11-8-. The van der Waals surface area contributed by atoms with Crippen LogP contribution >= 0.6 is 0 Å². The Morgan fingerprint density at radius 1 is 1.06 bits per heavy atom. The third-order valence-corrected chi connectivity index (χ3v) is 2.92. The van der Waals surface area contributed by atoms with E-state index in [2.05, 4.69) is 6.07 Å². The highest BCUT2D eigenvalue weighted by Crippen LogP contribution is 2.24. The van der Waals surface area contributed by atoms with Gasteiger partial charge in [-0.25, -0.2) is 0 Å². The summed E-state index contributed by atoms with van der Waals surface area (Å²) in [6, 6.07) is 12.1. The van der Waals surface area contributed by atoms with Gasteiger partial charge in [-0.05, 0) is 60.0 Å². The first-order valence-corrected chi connectivity index (χ1v) is 5.87. The van der Waals surface area contributed by atoms with Gasteiger partial charge in [-0.15, -0.1) is 0 Å². The molecule has 0 N–H and O–H groups in total. The van der Waals surface area contributed by atoms with Crippen molar-refractivity contribution in [1.29, 1.82) is 0 Å². The number of benzene rings is 2. The zero-order chi connectivity index (χ0) is 13.1. The minimum atomic E-state index is 0.0716. The van der Waals surface area contributed by atoms with Crippen molar-refractivity contribution in [2.24, 2.45) is 0 Å². The van der Waals surface area contributed by atoms with Crippen molar-refractivity contribution in [3.63, 3.8) is 0 Å². The summed E-state index contributed by atoms with van der Waals surface area (Å²) in [5, 5.41) is 2.28. The smallest absolute Gasteiger partial charge is 0.152 e. The lowest BCUT2D eigenvalue weighted by atomic mass is 10.0. The van der Waals surface area contributed by atoms with Gasteiger partial charge < -0.3 is 4.74 Å². The number of methoxy groups -OCH3 is 1. The Kier molecular flexibility index (Phi) is 3.47. The number of hydrogen-bond acceptors (Lipinski definition) is 2. The van der Waals surface area contributed by atoms with Crippen molar-refractivity contribution in [2.45, 2.75) is 13.8 Å². The second-order valence-electron chi connectivity index (χ2n) is 4.37. The Balaban J connectivity index is 2.48. The van der Waals surface area contributed by atoms with Crippen LogP contribution in [-0.4, -0.2) is 12.9 Å². The Hall–Kier alpha value is -2.09. The van der Waals surface area contributed by atoms with E-state index in [0.717, 1.165) is 27.7 Å². The van der Waals surface area contributed by atoms with Crippen LogP contribution < -0.4 is 4.74 Å².